The molecule has 1 aliphatic heterocycles. The van der Waals surface area contributed by atoms with Crippen LogP contribution < -0.4 is 0 Å². The third-order valence-corrected chi connectivity index (χ3v) is 6.20. The van der Waals surface area contributed by atoms with Gasteiger partial charge in [-0.05, 0) is 42.9 Å². The minimum absolute atomic E-state index is 0.221. The zero-order valence-electron chi connectivity index (χ0n) is 14.1. The van der Waals surface area contributed by atoms with Crippen LogP contribution in [0.2, 0.25) is 0 Å². The summed E-state index contributed by atoms with van der Waals surface area (Å²) < 4.78 is 0. The standard InChI is InChI=1S/C21H17NO4/c23-18-15-8-4-5-9-16(15)19(24)22(18)26-20(25)17-13-10-11-21(17,12-13)14-6-2-1-3-7-14/h1-9,13,17H,10-12H2/t13-,17+,21+/m1/s1. The lowest BCUT2D eigenvalue weighted by molar-refractivity contribution is -0.182. The van der Waals surface area contributed by atoms with E-state index in [-0.39, 0.29) is 28.4 Å². The number of amides is 2. The number of hydroxylamine groups is 2. The molecule has 0 N–H and O–H groups in total. The van der Waals surface area contributed by atoms with Crippen LogP contribution in [0, 0.1) is 11.8 Å². The van der Waals surface area contributed by atoms with Crippen molar-refractivity contribution in [3.8, 4) is 0 Å². The highest BCUT2D eigenvalue weighted by Gasteiger charge is 2.64. The lowest BCUT2D eigenvalue weighted by Crippen LogP contribution is -2.51. The second kappa shape index (κ2) is 5.27. The number of benzene rings is 2. The second-order valence-electron chi connectivity index (χ2n) is 7.36. The summed E-state index contributed by atoms with van der Waals surface area (Å²) in [6, 6.07) is 16.5. The van der Waals surface area contributed by atoms with Crippen LogP contribution in [0.3, 0.4) is 0 Å². The molecule has 0 unspecified atom stereocenters. The lowest BCUT2D eigenvalue weighted by atomic mass is 9.57. The predicted molar refractivity (Wildman–Crippen MR) is 92.0 cm³/mol. The van der Waals surface area contributed by atoms with Crippen molar-refractivity contribution in [3.63, 3.8) is 0 Å². The van der Waals surface area contributed by atoms with Gasteiger partial charge in [-0.1, -0.05) is 47.5 Å². The summed E-state index contributed by atoms with van der Waals surface area (Å²) in [6.07, 6.45) is 2.86. The number of rotatable bonds is 3. The van der Waals surface area contributed by atoms with Crippen molar-refractivity contribution >= 4 is 17.8 Å². The molecule has 3 fully saturated rings. The Morgan fingerprint density at radius 1 is 0.962 bits per heavy atom. The SMILES string of the molecule is O=C(ON1C(=O)c2ccccc2C1=O)[C@@H]1[C@@H]2CC[C@@]1(c1ccccc1)C2. The average Bonchev–Trinajstić information content (AvgIpc) is 3.32. The van der Waals surface area contributed by atoms with Crippen LogP contribution >= 0.6 is 0 Å². The molecule has 0 saturated heterocycles. The topological polar surface area (TPSA) is 63.7 Å². The molecule has 0 spiro atoms. The number of carbonyl (C=O) groups is 3. The molecule has 0 aromatic heterocycles. The molecule has 5 heteroatoms. The number of imide groups is 1. The van der Waals surface area contributed by atoms with Crippen molar-refractivity contribution in [1.29, 1.82) is 0 Å². The van der Waals surface area contributed by atoms with Crippen LogP contribution in [0.1, 0.15) is 45.5 Å². The summed E-state index contributed by atoms with van der Waals surface area (Å²) in [7, 11) is 0. The fourth-order valence-corrected chi connectivity index (χ4v) is 5.00. The van der Waals surface area contributed by atoms with Crippen molar-refractivity contribution in [2.45, 2.75) is 24.7 Å². The van der Waals surface area contributed by atoms with Gasteiger partial charge in [0.1, 0.15) is 0 Å². The summed E-state index contributed by atoms with van der Waals surface area (Å²) in [5.41, 5.74) is 1.47. The van der Waals surface area contributed by atoms with Gasteiger partial charge in [0, 0.05) is 5.41 Å². The maximum absolute atomic E-state index is 12.9. The van der Waals surface area contributed by atoms with E-state index in [1.807, 2.05) is 30.3 Å². The molecule has 2 aromatic rings. The highest BCUT2D eigenvalue weighted by atomic mass is 16.7. The summed E-state index contributed by atoms with van der Waals surface area (Å²) in [4.78, 5) is 43.1. The van der Waals surface area contributed by atoms with Gasteiger partial charge in [0.25, 0.3) is 11.8 Å². The fourth-order valence-electron chi connectivity index (χ4n) is 5.00. The third-order valence-electron chi connectivity index (χ3n) is 6.20. The molecular formula is C21H17NO4. The van der Waals surface area contributed by atoms with Gasteiger partial charge in [-0.15, -0.1) is 0 Å². The highest BCUT2D eigenvalue weighted by molar-refractivity contribution is 6.20. The first-order valence-electron chi connectivity index (χ1n) is 8.87. The number of nitrogens with zero attached hydrogens (tertiary/aromatic N) is 1. The Hall–Kier alpha value is -2.95. The summed E-state index contributed by atoms with van der Waals surface area (Å²) in [6.45, 7) is 0. The third kappa shape index (κ3) is 1.88. The van der Waals surface area contributed by atoms with E-state index in [4.69, 9.17) is 4.84 Å². The van der Waals surface area contributed by atoms with Crippen LogP contribution in [0.25, 0.3) is 0 Å². The minimum atomic E-state index is -0.570. The summed E-state index contributed by atoms with van der Waals surface area (Å²) in [5.74, 6) is -1.65. The van der Waals surface area contributed by atoms with Crippen LogP contribution in [0.15, 0.2) is 54.6 Å². The maximum atomic E-state index is 12.9. The van der Waals surface area contributed by atoms with Crippen molar-refractivity contribution in [2.24, 2.45) is 11.8 Å². The zero-order valence-corrected chi connectivity index (χ0v) is 14.1. The van der Waals surface area contributed by atoms with E-state index in [9.17, 15) is 14.4 Å². The molecule has 26 heavy (non-hydrogen) atoms. The Kier molecular flexibility index (Phi) is 3.11. The largest absolute Gasteiger partial charge is 0.337 e. The van der Waals surface area contributed by atoms with Gasteiger partial charge >= 0.3 is 5.97 Å². The number of hydrogen-bond donors (Lipinski definition) is 0. The van der Waals surface area contributed by atoms with E-state index in [1.54, 1.807) is 24.3 Å². The first kappa shape index (κ1) is 15.3. The summed E-state index contributed by atoms with van der Waals surface area (Å²) in [5, 5.41) is 0.628. The molecule has 0 radical (unpaired) electrons. The first-order valence-corrected chi connectivity index (χ1v) is 8.87. The summed E-state index contributed by atoms with van der Waals surface area (Å²) >= 11 is 0. The van der Waals surface area contributed by atoms with Crippen molar-refractivity contribution in [3.05, 3.63) is 71.3 Å². The molecule has 3 aliphatic carbocycles. The normalized spacial score (nSPS) is 28.7. The number of hydrogen-bond acceptors (Lipinski definition) is 4. The van der Waals surface area contributed by atoms with E-state index in [0.29, 0.717) is 5.06 Å². The van der Waals surface area contributed by atoms with Gasteiger partial charge in [0.2, 0.25) is 0 Å². The molecular weight excluding hydrogens is 330 g/mol. The molecule has 130 valence electrons. The quantitative estimate of drug-likeness (QED) is 0.801. The Morgan fingerprint density at radius 2 is 1.58 bits per heavy atom. The van der Waals surface area contributed by atoms with Gasteiger partial charge in [-0.3, -0.25) is 9.59 Å². The van der Waals surface area contributed by atoms with E-state index in [1.165, 1.54) is 0 Å². The Bertz CT molecular complexity index is 899. The lowest BCUT2D eigenvalue weighted by Gasteiger charge is -2.46. The molecule has 1 heterocycles. The van der Waals surface area contributed by atoms with Crippen LogP contribution in [-0.2, 0) is 15.0 Å². The highest BCUT2D eigenvalue weighted by Crippen LogP contribution is 2.64. The molecule has 2 amide bonds. The van der Waals surface area contributed by atoms with Gasteiger partial charge in [-0.25, -0.2) is 4.79 Å². The fraction of sp³-hybridized carbons (Fsp3) is 0.286. The van der Waals surface area contributed by atoms with E-state index >= 15 is 0 Å². The molecule has 2 bridgehead atoms. The molecule has 3 saturated carbocycles. The monoisotopic (exact) mass is 347 g/mol. The smallest absolute Gasteiger partial charge is 0.329 e. The van der Waals surface area contributed by atoms with Crippen LogP contribution in [0.5, 0.6) is 0 Å². The first-order chi connectivity index (χ1) is 12.6. The maximum Gasteiger partial charge on any atom is 0.337 e. The zero-order chi connectivity index (χ0) is 17.9. The van der Waals surface area contributed by atoms with Crippen molar-refractivity contribution in [2.75, 3.05) is 0 Å². The average molecular weight is 347 g/mol. The van der Waals surface area contributed by atoms with Crippen LogP contribution in [-0.4, -0.2) is 22.8 Å². The molecule has 6 rings (SSSR count). The Labute approximate surface area is 150 Å². The van der Waals surface area contributed by atoms with Gasteiger partial charge in [0.15, 0.2) is 0 Å². The number of carbonyl (C=O) groups excluding carboxylic acids is 3. The molecule has 3 atom stereocenters. The minimum Gasteiger partial charge on any atom is -0.329 e. The van der Waals surface area contributed by atoms with E-state index < -0.39 is 17.8 Å². The predicted octanol–water partition coefficient (Wildman–Crippen LogP) is 3.11. The van der Waals surface area contributed by atoms with Gasteiger partial charge in [-0.2, -0.15) is 0 Å². The van der Waals surface area contributed by atoms with Crippen LogP contribution in [0.4, 0.5) is 0 Å². The Morgan fingerprint density at radius 3 is 2.19 bits per heavy atom. The molecule has 4 aliphatic rings. The van der Waals surface area contributed by atoms with Gasteiger partial charge in [0.05, 0.1) is 17.0 Å². The van der Waals surface area contributed by atoms with Crippen molar-refractivity contribution < 1.29 is 19.2 Å². The Balaban J connectivity index is 1.41. The van der Waals surface area contributed by atoms with E-state index in [0.717, 1.165) is 24.8 Å². The van der Waals surface area contributed by atoms with Crippen molar-refractivity contribution in [1.82, 2.24) is 5.06 Å². The number of fused-ring (bicyclic) bond motifs is 2. The molecule has 2 aromatic carbocycles. The second-order valence-corrected chi connectivity index (χ2v) is 7.36. The molecule has 5 nitrogen and oxygen atoms in total. The van der Waals surface area contributed by atoms with E-state index in [2.05, 4.69) is 0 Å². The van der Waals surface area contributed by atoms with Gasteiger partial charge < -0.3 is 4.84 Å².